The van der Waals surface area contributed by atoms with E-state index in [0.717, 1.165) is 12.5 Å². The van der Waals surface area contributed by atoms with E-state index in [4.69, 9.17) is 4.74 Å². The first kappa shape index (κ1) is 7.56. The first-order valence-electron chi connectivity index (χ1n) is 4.62. The smallest absolute Gasteiger partial charge is 0.0823 e. The van der Waals surface area contributed by atoms with Crippen molar-refractivity contribution in [3.05, 3.63) is 0 Å². The number of aliphatic hydroxyl groups excluding tert-OH is 1. The second-order valence-electron chi connectivity index (χ2n) is 3.90. The molecule has 1 aliphatic carbocycles. The zero-order valence-corrected chi connectivity index (χ0v) is 6.83. The summed E-state index contributed by atoms with van der Waals surface area (Å²) in [5.74, 6) is 1.34. The summed E-state index contributed by atoms with van der Waals surface area (Å²) in [7, 11) is 0. The molecule has 2 fully saturated rings. The lowest BCUT2D eigenvalue weighted by Gasteiger charge is -2.28. The summed E-state index contributed by atoms with van der Waals surface area (Å²) >= 11 is 0. The van der Waals surface area contributed by atoms with Gasteiger partial charge in [-0.1, -0.05) is 19.3 Å². The van der Waals surface area contributed by atoms with Crippen molar-refractivity contribution in [1.82, 2.24) is 0 Å². The molecule has 0 aromatic carbocycles. The van der Waals surface area contributed by atoms with Gasteiger partial charge in [0.25, 0.3) is 0 Å². The summed E-state index contributed by atoms with van der Waals surface area (Å²) in [6, 6.07) is 0. The number of hydrogen-bond donors (Lipinski definition) is 1. The Labute approximate surface area is 67.6 Å². The SMILES string of the molecule is OC1COCC1CC1CCC1. The predicted octanol–water partition coefficient (Wildman–Crippen LogP) is 1.18. The molecule has 0 aromatic heterocycles. The van der Waals surface area contributed by atoms with Crippen LogP contribution in [0.15, 0.2) is 0 Å². The van der Waals surface area contributed by atoms with Gasteiger partial charge in [0, 0.05) is 5.92 Å². The molecular weight excluding hydrogens is 140 g/mol. The van der Waals surface area contributed by atoms with E-state index in [1.165, 1.54) is 25.7 Å². The van der Waals surface area contributed by atoms with E-state index in [1.807, 2.05) is 0 Å². The zero-order valence-electron chi connectivity index (χ0n) is 6.83. The van der Waals surface area contributed by atoms with Crippen LogP contribution in [0.25, 0.3) is 0 Å². The second kappa shape index (κ2) is 3.11. The van der Waals surface area contributed by atoms with Gasteiger partial charge >= 0.3 is 0 Å². The molecule has 0 amide bonds. The molecule has 1 heterocycles. The maximum absolute atomic E-state index is 9.43. The Balaban J connectivity index is 1.75. The zero-order chi connectivity index (χ0) is 7.68. The summed E-state index contributed by atoms with van der Waals surface area (Å²) in [4.78, 5) is 0. The molecule has 1 saturated heterocycles. The van der Waals surface area contributed by atoms with Crippen LogP contribution in [0.1, 0.15) is 25.7 Å². The molecule has 0 bridgehead atoms. The number of ether oxygens (including phenoxy) is 1. The molecule has 2 heteroatoms. The lowest BCUT2D eigenvalue weighted by atomic mass is 9.78. The largest absolute Gasteiger partial charge is 0.390 e. The Morgan fingerprint density at radius 3 is 2.55 bits per heavy atom. The Hall–Kier alpha value is -0.0800. The molecule has 64 valence electrons. The molecule has 2 atom stereocenters. The van der Waals surface area contributed by atoms with Crippen molar-refractivity contribution in [1.29, 1.82) is 0 Å². The van der Waals surface area contributed by atoms with Crippen molar-refractivity contribution in [2.24, 2.45) is 11.8 Å². The fourth-order valence-electron chi connectivity index (χ4n) is 1.97. The first-order chi connectivity index (χ1) is 5.36. The Morgan fingerprint density at radius 2 is 2.09 bits per heavy atom. The van der Waals surface area contributed by atoms with E-state index < -0.39 is 0 Å². The molecule has 2 nitrogen and oxygen atoms in total. The quantitative estimate of drug-likeness (QED) is 0.650. The highest BCUT2D eigenvalue weighted by molar-refractivity contribution is 4.80. The summed E-state index contributed by atoms with van der Waals surface area (Å²) in [6.45, 7) is 1.36. The number of rotatable bonds is 2. The molecule has 1 N–H and O–H groups in total. The third-order valence-electron chi connectivity index (χ3n) is 3.03. The van der Waals surface area contributed by atoms with Crippen LogP contribution in [0.3, 0.4) is 0 Å². The maximum atomic E-state index is 9.43. The van der Waals surface area contributed by atoms with Gasteiger partial charge in [-0.2, -0.15) is 0 Å². The lowest BCUT2D eigenvalue weighted by molar-refractivity contribution is 0.108. The molecular formula is C9H16O2. The fraction of sp³-hybridized carbons (Fsp3) is 1.00. The van der Waals surface area contributed by atoms with Crippen LogP contribution in [0.2, 0.25) is 0 Å². The van der Waals surface area contributed by atoms with E-state index in [1.54, 1.807) is 0 Å². The van der Waals surface area contributed by atoms with Crippen molar-refractivity contribution in [2.45, 2.75) is 31.8 Å². The molecule has 0 aromatic rings. The minimum Gasteiger partial charge on any atom is -0.390 e. The van der Waals surface area contributed by atoms with E-state index in [0.29, 0.717) is 12.5 Å². The minimum atomic E-state index is -0.171. The summed E-state index contributed by atoms with van der Waals surface area (Å²) in [5.41, 5.74) is 0. The Bertz CT molecular complexity index is 132. The molecule has 2 aliphatic rings. The van der Waals surface area contributed by atoms with Crippen molar-refractivity contribution in [2.75, 3.05) is 13.2 Å². The Kier molecular flexibility index (Phi) is 2.14. The predicted molar refractivity (Wildman–Crippen MR) is 42.3 cm³/mol. The van der Waals surface area contributed by atoms with Crippen LogP contribution in [0.4, 0.5) is 0 Å². The third-order valence-corrected chi connectivity index (χ3v) is 3.03. The molecule has 1 saturated carbocycles. The van der Waals surface area contributed by atoms with Gasteiger partial charge in [0.2, 0.25) is 0 Å². The average molecular weight is 156 g/mol. The van der Waals surface area contributed by atoms with Crippen molar-refractivity contribution >= 4 is 0 Å². The maximum Gasteiger partial charge on any atom is 0.0823 e. The highest BCUT2D eigenvalue weighted by Crippen LogP contribution is 2.34. The van der Waals surface area contributed by atoms with E-state index in [9.17, 15) is 5.11 Å². The number of aliphatic hydroxyl groups is 1. The minimum absolute atomic E-state index is 0.171. The van der Waals surface area contributed by atoms with E-state index in [2.05, 4.69) is 0 Å². The normalized spacial score (nSPS) is 39.0. The summed E-state index contributed by atoms with van der Waals surface area (Å²) < 4.78 is 5.19. The van der Waals surface area contributed by atoms with Crippen molar-refractivity contribution in [3.63, 3.8) is 0 Å². The van der Waals surface area contributed by atoms with Crippen LogP contribution in [0, 0.1) is 11.8 Å². The standard InChI is InChI=1S/C9H16O2/c10-9-6-11-5-8(9)4-7-2-1-3-7/h7-10H,1-6H2. The van der Waals surface area contributed by atoms with Gasteiger partial charge in [0.05, 0.1) is 19.3 Å². The highest BCUT2D eigenvalue weighted by atomic mass is 16.5. The Morgan fingerprint density at radius 1 is 1.27 bits per heavy atom. The first-order valence-corrected chi connectivity index (χ1v) is 4.62. The van der Waals surface area contributed by atoms with Crippen LogP contribution in [-0.2, 0) is 4.74 Å². The van der Waals surface area contributed by atoms with Crippen molar-refractivity contribution < 1.29 is 9.84 Å². The van der Waals surface area contributed by atoms with E-state index >= 15 is 0 Å². The lowest BCUT2D eigenvalue weighted by Crippen LogP contribution is -2.23. The molecule has 2 unspecified atom stereocenters. The van der Waals surface area contributed by atoms with Gasteiger partial charge in [-0.3, -0.25) is 0 Å². The van der Waals surface area contributed by atoms with Crippen molar-refractivity contribution in [3.8, 4) is 0 Å². The third kappa shape index (κ3) is 1.57. The highest BCUT2D eigenvalue weighted by Gasteiger charge is 2.30. The van der Waals surface area contributed by atoms with Gasteiger partial charge in [0.15, 0.2) is 0 Å². The molecule has 1 aliphatic heterocycles. The average Bonchev–Trinajstić information content (AvgIpc) is 2.27. The van der Waals surface area contributed by atoms with Gasteiger partial charge in [-0.25, -0.2) is 0 Å². The molecule has 0 spiro atoms. The van der Waals surface area contributed by atoms with Crippen LogP contribution < -0.4 is 0 Å². The van der Waals surface area contributed by atoms with Gasteiger partial charge in [-0.05, 0) is 12.3 Å². The molecule has 2 rings (SSSR count). The number of hydrogen-bond acceptors (Lipinski definition) is 2. The summed E-state index contributed by atoms with van der Waals surface area (Å²) in [5, 5.41) is 9.43. The second-order valence-corrected chi connectivity index (χ2v) is 3.90. The summed E-state index contributed by atoms with van der Waals surface area (Å²) in [6.07, 6.45) is 5.18. The molecule has 11 heavy (non-hydrogen) atoms. The monoisotopic (exact) mass is 156 g/mol. The van der Waals surface area contributed by atoms with Crippen LogP contribution in [-0.4, -0.2) is 24.4 Å². The van der Waals surface area contributed by atoms with Gasteiger partial charge < -0.3 is 9.84 Å². The van der Waals surface area contributed by atoms with Gasteiger partial charge in [0.1, 0.15) is 0 Å². The van der Waals surface area contributed by atoms with Crippen LogP contribution >= 0.6 is 0 Å². The van der Waals surface area contributed by atoms with E-state index in [-0.39, 0.29) is 6.10 Å². The molecule has 0 radical (unpaired) electrons. The fourth-order valence-corrected chi connectivity index (χ4v) is 1.97. The topological polar surface area (TPSA) is 29.5 Å². The van der Waals surface area contributed by atoms with Crippen LogP contribution in [0.5, 0.6) is 0 Å². The van der Waals surface area contributed by atoms with Gasteiger partial charge in [-0.15, -0.1) is 0 Å².